The highest BCUT2D eigenvalue weighted by Crippen LogP contribution is 2.21. The Balaban J connectivity index is 1.58. The Kier molecular flexibility index (Phi) is 3.78. The first-order chi connectivity index (χ1) is 10.6. The highest BCUT2D eigenvalue weighted by Gasteiger charge is 2.13. The number of aromatic nitrogens is 1. The Morgan fingerprint density at radius 2 is 2.23 bits per heavy atom. The van der Waals surface area contributed by atoms with Crippen LogP contribution in [0.1, 0.15) is 23.4 Å². The smallest absolute Gasteiger partial charge is 0.320 e. The molecule has 2 aromatic rings. The number of amides is 2. The molecule has 2 aromatic heterocycles. The van der Waals surface area contributed by atoms with Gasteiger partial charge in [0.2, 0.25) is 5.43 Å². The van der Waals surface area contributed by atoms with Crippen molar-refractivity contribution in [2.24, 2.45) is 0 Å². The molecule has 0 bridgehead atoms. The van der Waals surface area contributed by atoms with Crippen LogP contribution in [-0.2, 0) is 19.4 Å². The van der Waals surface area contributed by atoms with Gasteiger partial charge in [-0.15, -0.1) is 0 Å². The lowest BCUT2D eigenvalue weighted by Gasteiger charge is -2.08. The maximum atomic E-state index is 11.8. The summed E-state index contributed by atoms with van der Waals surface area (Å²) in [5.41, 5.74) is 1.71. The predicted octanol–water partition coefficient (Wildman–Crippen LogP) is 1.55. The molecular formula is C15H15N3O4. The van der Waals surface area contributed by atoms with Crippen molar-refractivity contribution < 1.29 is 14.3 Å². The first-order valence-electron chi connectivity index (χ1n) is 6.96. The largest absolute Gasteiger partial charge is 0.502 e. The van der Waals surface area contributed by atoms with Gasteiger partial charge in [-0.05, 0) is 30.9 Å². The van der Waals surface area contributed by atoms with E-state index in [1.54, 1.807) is 6.07 Å². The van der Waals surface area contributed by atoms with E-state index in [2.05, 4.69) is 15.6 Å². The van der Waals surface area contributed by atoms with Crippen molar-refractivity contribution in [3.63, 3.8) is 0 Å². The van der Waals surface area contributed by atoms with Crippen molar-refractivity contribution >= 4 is 11.8 Å². The highest BCUT2D eigenvalue weighted by atomic mass is 16.4. The van der Waals surface area contributed by atoms with E-state index in [-0.39, 0.29) is 12.3 Å². The van der Waals surface area contributed by atoms with E-state index in [1.165, 1.54) is 5.56 Å². The number of aryl methyl sites for hydroxylation is 2. The van der Waals surface area contributed by atoms with Gasteiger partial charge in [0.05, 0.1) is 6.54 Å². The fourth-order valence-electron chi connectivity index (χ4n) is 2.35. The van der Waals surface area contributed by atoms with Crippen molar-refractivity contribution in [2.45, 2.75) is 25.8 Å². The number of aromatic hydroxyl groups is 1. The summed E-state index contributed by atoms with van der Waals surface area (Å²) < 4.78 is 4.99. The topological polar surface area (TPSA) is 104 Å². The maximum Gasteiger partial charge on any atom is 0.320 e. The number of hydrogen-bond donors (Lipinski definition) is 3. The van der Waals surface area contributed by atoms with Crippen LogP contribution in [0.15, 0.2) is 33.7 Å². The third-order valence-corrected chi connectivity index (χ3v) is 3.46. The molecule has 0 aromatic carbocycles. The molecule has 3 rings (SSSR count). The molecule has 0 fully saturated rings. The van der Waals surface area contributed by atoms with Crippen molar-refractivity contribution in [1.82, 2.24) is 10.3 Å². The summed E-state index contributed by atoms with van der Waals surface area (Å²) in [6.07, 6.45) is 4.01. The van der Waals surface area contributed by atoms with Crippen molar-refractivity contribution in [2.75, 3.05) is 5.32 Å². The van der Waals surface area contributed by atoms with E-state index < -0.39 is 17.2 Å². The van der Waals surface area contributed by atoms with Crippen LogP contribution >= 0.6 is 0 Å². The Morgan fingerprint density at radius 1 is 1.36 bits per heavy atom. The fourth-order valence-corrected chi connectivity index (χ4v) is 2.35. The molecule has 1 aliphatic carbocycles. The van der Waals surface area contributed by atoms with Crippen LogP contribution in [0.25, 0.3) is 0 Å². The van der Waals surface area contributed by atoms with Crippen molar-refractivity contribution in [3.05, 3.63) is 51.7 Å². The minimum atomic E-state index is -0.552. The Labute approximate surface area is 126 Å². The van der Waals surface area contributed by atoms with E-state index in [9.17, 15) is 9.59 Å². The van der Waals surface area contributed by atoms with Gasteiger partial charge in [0, 0.05) is 11.8 Å². The Hall–Kier alpha value is -2.83. The van der Waals surface area contributed by atoms with Crippen molar-refractivity contribution in [1.29, 1.82) is 0 Å². The van der Waals surface area contributed by atoms with E-state index in [1.807, 2.05) is 6.07 Å². The molecule has 0 radical (unpaired) electrons. The SMILES string of the molecule is O=C(NCc1cc(=O)c(O)co1)Nc1ccc2c(n1)CCC2. The summed E-state index contributed by atoms with van der Waals surface area (Å²) in [4.78, 5) is 27.4. The summed E-state index contributed by atoms with van der Waals surface area (Å²) >= 11 is 0. The molecule has 2 amide bonds. The highest BCUT2D eigenvalue weighted by molar-refractivity contribution is 5.88. The number of hydrogen-bond acceptors (Lipinski definition) is 5. The molecule has 2 heterocycles. The number of anilines is 1. The van der Waals surface area contributed by atoms with Gasteiger partial charge in [-0.1, -0.05) is 6.07 Å². The quantitative estimate of drug-likeness (QED) is 0.798. The van der Waals surface area contributed by atoms with Crippen LogP contribution in [0.3, 0.4) is 0 Å². The average Bonchev–Trinajstić information content (AvgIpc) is 2.96. The lowest BCUT2D eigenvalue weighted by atomic mass is 10.2. The summed E-state index contributed by atoms with van der Waals surface area (Å²) in [6.45, 7) is 0.0340. The molecule has 7 heteroatoms. The summed E-state index contributed by atoms with van der Waals surface area (Å²) in [5, 5.41) is 14.3. The predicted molar refractivity (Wildman–Crippen MR) is 78.8 cm³/mol. The van der Waals surface area contributed by atoms with Gasteiger partial charge < -0.3 is 14.8 Å². The second-order valence-electron chi connectivity index (χ2n) is 5.06. The zero-order chi connectivity index (χ0) is 15.5. The Morgan fingerprint density at radius 3 is 3.05 bits per heavy atom. The minimum absolute atomic E-state index is 0.0340. The van der Waals surface area contributed by atoms with Gasteiger partial charge in [-0.3, -0.25) is 10.1 Å². The number of pyridine rings is 1. The lowest BCUT2D eigenvalue weighted by molar-refractivity contribution is 0.250. The molecule has 0 aliphatic heterocycles. The Bertz CT molecular complexity index is 770. The van der Waals surface area contributed by atoms with Crippen LogP contribution < -0.4 is 16.1 Å². The third kappa shape index (κ3) is 3.08. The number of urea groups is 1. The van der Waals surface area contributed by atoms with Crippen LogP contribution in [0, 0.1) is 0 Å². The lowest BCUT2D eigenvalue weighted by Crippen LogP contribution is -2.29. The third-order valence-electron chi connectivity index (χ3n) is 3.46. The minimum Gasteiger partial charge on any atom is -0.502 e. The van der Waals surface area contributed by atoms with Crippen LogP contribution in [0.2, 0.25) is 0 Å². The normalized spacial score (nSPS) is 12.7. The van der Waals surface area contributed by atoms with E-state index in [0.717, 1.165) is 37.3 Å². The zero-order valence-electron chi connectivity index (χ0n) is 11.8. The van der Waals surface area contributed by atoms with E-state index >= 15 is 0 Å². The first-order valence-corrected chi connectivity index (χ1v) is 6.96. The van der Waals surface area contributed by atoms with Crippen LogP contribution in [0.5, 0.6) is 5.75 Å². The summed E-state index contributed by atoms with van der Waals surface area (Å²) in [6, 6.07) is 4.43. The maximum absolute atomic E-state index is 11.8. The van der Waals surface area contributed by atoms with Crippen LogP contribution in [-0.4, -0.2) is 16.1 Å². The average molecular weight is 301 g/mol. The molecule has 22 heavy (non-hydrogen) atoms. The molecule has 0 spiro atoms. The number of nitrogens with zero attached hydrogens (tertiary/aromatic N) is 1. The monoisotopic (exact) mass is 301 g/mol. The molecule has 0 atom stereocenters. The number of nitrogens with one attached hydrogen (secondary N) is 2. The molecule has 0 saturated heterocycles. The molecular weight excluding hydrogens is 286 g/mol. The van der Waals surface area contributed by atoms with Gasteiger partial charge >= 0.3 is 6.03 Å². The number of carbonyl (C=O) groups excluding carboxylic acids is 1. The zero-order valence-corrected chi connectivity index (χ0v) is 11.8. The molecule has 3 N–H and O–H groups in total. The molecule has 114 valence electrons. The van der Waals surface area contributed by atoms with Gasteiger partial charge in [0.15, 0.2) is 5.75 Å². The van der Waals surface area contributed by atoms with Gasteiger partial charge in [-0.25, -0.2) is 9.78 Å². The van der Waals surface area contributed by atoms with Gasteiger partial charge in [0.25, 0.3) is 0 Å². The second kappa shape index (κ2) is 5.88. The number of rotatable bonds is 3. The van der Waals surface area contributed by atoms with E-state index in [4.69, 9.17) is 9.52 Å². The summed E-state index contributed by atoms with van der Waals surface area (Å²) in [5.74, 6) is 0.278. The number of carbonyl (C=O) groups is 1. The molecule has 1 aliphatic rings. The van der Waals surface area contributed by atoms with E-state index in [0.29, 0.717) is 5.82 Å². The first kappa shape index (κ1) is 14.1. The summed E-state index contributed by atoms with van der Waals surface area (Å²) in [7, 11) is 0. The molecule has 7 nitrogen and oxygen atoms in total. The standard InChI is InChI=1S/C15H15N3O4/c19-12-6-10(22-8-13(12)20)7-16-15(21)18-14-5-4-9-2-1-3-11(9)17-14/h4-6,8,20H,1-3,7H2,(H2,16,17,18,21). The van der Waals surface area contributed by atoms with Gasteiger partial charge in [-0.2, -0.15) is 0 Å². The fraction of sp³-hybridized carbons (Fsp3) is 0.267. The second-order valence-corrected chi connectivity index (χ2v) is 5.06. The van der Waals surface area contributed by atoms with Crippen molar-refractivity contribution in [3.8, 4) is 5.75 Å². The molecule has 0 unspecified atom stereocenters. The number of fused-ring (bicyclic) bond motifs is 1. The van der Waals surface area contributed by atoms with Crippen LogP contribution in [0.4, 0.5) is 10.6 Å². The molecule has 0 saturated carbocycles. The van der Waals surface area contributed by atoms with Gasteiger partial charge in [0.1, 0.15) is 17.8 Å².